The van der Waals surface area contributed by atoms with E-state index in [1.807, 2.05) is 0 Å². The van der Waals surface area contributed by atoms with E-state index in [-0.39, 0.29) is 23.2 Å². The van der Waals surface area contributed by atoms with Gasteiger partial charge in [-0.25, -0.2) is 0 Å². The van der Waals surface area contributed by atoms with Crippen LogP contribution in [0.3, 0.4) is 0 Å². The summed E-state index contributed by atoms with van der Waals surface area (Å²) in [5.41, 5.74) is 6.10. The van der Waals surface area contributed by atoms with Crippen molar-refractivity contribution in [3.05, 3.63) is 27.1 Å². The van der Waals surface area contributed by atoms with Crippen molar-refractivity contribution in [3.8, 4) is 0 Å². The predicted octanol–water partition coefficient (Wildman–Crippen LogP) is 3.88. The molecule has 2 spiro atoms. The van der Waals surface area contributed by atoms with Crippen molar-refractivity contribution in [1.82, 2.24) is 9.47 Å². The number of amides is 1. The minimum Gasteiger partial charge on any atom is -0.394 e. The van der Waals surface area contributed by atoms with Gasteiger partial charge in [0.15, 0.2) is 0 Å². The molecule has 1 amide bonds. The maximum Gasteiger partial charge on any atom is 0.276 e. The zero-order valence-electron chi connectivity index (χ0n) is 15.1. The standard InChI is InChI=1S/C20H26ClN3O2/c21-14-11-15(22)17(25)24-16(14)18(26)23(20(24)8-2-1-3-9-20)13-5-10-19(12-13)6-4-7-19/h11,13H,1-10,12,22H2. The van der Waals surface area contributed by atoms with Gasteiger partial charge in [0.1, 0.15) is 11.4 Å². The van der Waals surface area contributed by atoms with Crippen LogP contribution in [-0.4, -0.2) is 21.4 Å². The molecule has 1 aromatic heterocycles. The average molecular weight is 376 g/mol. The quantitative estimate of drug-likeness (QED) is 0.809. The largest absolute Gasteiger partial charge is 0.394 e. The molecule has 5 nitrogen and oxygen atoms in total. The topological polar surface area (TPSA) is 68.3 Å². The Morgan fingerprint density at radius 3 is 2.38 bits per heavy atom. The van der Waals surface area contributed by atoms with Gasteiger partial charge in [-0.15, -0.1) is 0 Å². The van der Waals surface area contributed by atoms with Crippen molar-refractivity contribution in [1.29, 1.82) is 0 Å². The lowest BCUT2D eigenvalue weighted by atomic mass is 9.67. The maximum atomic E-state index is 13.5. The molecule has 1 aromatic rings. The van der Waals surface area contributed by atoms with Gasteiger partial charge in [-0.2, -0.15) is 0 Å². The Balaban J connectivity index is 1.65. The van der Waals surface area contributed by atoms with Gasteiger partial charge < -0.3 is 10.6 Å². The molecule has 2 heterocycles. The monoisotopic (exact) mass is 375 g/mol. The first-order valence-corrected chi connectivity index (χ1v) is 10.4. The molecule has 1 unspecified atom stereocenters. The number of nitrogens with zero attached hydrogens (tertiary/aromatic N) is 2. The van der Waals surface area contributed by atoms with Crippen molar-refractivity contribution in [2.24, 2.45) is 5.41 Å². The number of rotatable bonds is 1. The lowest BCUT2D eigenvalue weighted by Crippen LogP contribution is -2.55. The normalized spacial score (nSPS) is 28.6. The lowest BCUT2D eigenvalue weighted by Gasteiger charge is -2.46. The van der Waals surface area contributed by atoms with E-state index in [1.54, 1.807) is 4.57 Å². The maximum absolute atomic E-state index is 13.5. The summed E-state index contributed by atoms with van der Waals surface area (Å²) in [5, 5.41) is 0.316. The second-order valence-electron chi connectivity index (χ2n) is 8.91. The zero-order valence-corrected chi connectivity index (χ0v) is 15.9. The van der Waals surface area contributed by atoms with Crippen LogP contribution < -0.4 is 11.3 Å². The summed E-state index contributed by atoms with van der Waals surface area (Å²) in [4.78, 5) is 28.6. The summed E-state index contributed by atoms with van der Waals surface area (Å²) in [6.45, 7) is 0. The molecular weight excluding hydrogens is 350 g/mol. The average Bonchev–Trinajstić information content (AvgIpc) is 3.12. The molecule has 3 aliphatic carbocycles. The smallest absolute Gasteiger partial charge is 0.276 e. The number of halogens is 1. The highest BCUT2D eigenvalue weighted by molar-refractivity contribution is 6.34. The number of aromatic nitrogens is 1. The first-order valence-electron chi connectivity index (χ1n) is 10.0. The van der Waals surface area contributed by atoms with Crippen LogP contribution >= 0.6 is 11.6 Å². The molecule has 140 valence electrons. The molecule has 2 N–H and O–H groups in total. The fraction of sp³-hybridized carbons (Fsp3) is 0.700. The van der Waals surface area contributed by atoms with Crippen molar-refractivity contribution in [2.75, 3.05) is 5.73 Å². The van der Waals surface area contributed by atoms with E-state index in [0.29, 0.717) is 16.1 Å². The van der Waals surface area contributed by atoms with Crippen molar-refractivity contribution in [3.63, 3.8) is 0 Å². The van der Waals surface area contributed by atoms with Crippen LogP contribution in [0.5, 0.6) is 0 Å². The molecular formula is C20H26ClN3O2. The van der Waals surface area contributed by atoms with Gasteiger partial charge >= 0.3 is 0 Å². The second kappa shape index (κ2) is 5.51. The summed E-state index contributed by atoms with van der Waals surface area (Å²) in [7, 11) is 0. The molecule has 1 aliphatic heterocycles. The van der Waals surface area contributed by atoms with Gasteiger partial charge in [0.05, 0.1) is 10.7 Å². The molecule has 0 bridgehead atoms. The fourth-order valence-corrected chi connectivity index (χ4v) is 6.51. The van der Waals surface area contributed by atoms with Gasteiger partial charge in [-0.05, 0) is 69.3 Å². The van der Waals surface area contributed by atoms with E-state index in [0.717, 1.165) is 44.9 Å². The third-order valence-corrected chi connectivity index (χ3v) is 7.87. The van der Waals surface area contributed by atoms with Gasteiger partial charge in [0.2, 0.25) is 0 Å². The van der Waals surface area contributed by atoms with E-state index in [9.17, 15) is 9.59 Å². The number of carbonyl (C=O) groups excluding carboxylic acids is 1. The van der Waals surface area contributed by atoms with Gasteiger partial charge in [0.25, 0.3) is 11.5 Å². The molecule has 1 atom stereocenters. The van der Waals surface area contributed by atoms with Crippen LogP contribution in [0.15, 0.2) is 10.9 Å². The summed E-state index contributed by atoms with van der Waals surface area (Å²) in [6.07, 6.45) is 12.1. The Morgan fingerprint density at radius 1 is 1.04 bits per heavy atom. The first-order chi connectivity index (χ1) is 12.5. The molecule has 3 fully saturated rings. The fourth-order valence-electron chi connectivity index (χ4n) is 6.23. The van der Waals surface area contributed by atoms with E-state index >= 15 is 0 Å². The van der Waals surface area contributed by atoms with Crippen LogP contribution in [0.4, 0.5) is 5.69 Å². The van der Waals surface area contributed by atoms with E-state index in [1.165, 1.54) is 31.7 Å². The molecule has 3 saturated carbocycles. The van der Waals surface area contributed by atoms with E-state index in [2.05, 4.69) is 4.90 Å². The summed E-state index contributed by atoms with van der Waals surface area (Å²) >= 11 is 6.42. The predicted molar refractivity (Wildman–Crippen MR) is 101 cm³/mol. The van der Waals surface area contributed by atoms with Crippen LogP contribution in [0.25, 0.3) is 0 Å². The molecule has 0 radical (unpaired) electrons. The number of fused-ring (bicyclic) bond motifs is 2. The van der Waals surface area contributed by atoms with Crippen LogP contribution in [0.2, 0.25) is 5.02 Å². The molecule has 0 saturated heterocycles. The Kier molecular flexibility index (Phi) is 3.53. The van der Waals surface area contributed by atoms with Crippen molar-refractivity contribution in [2.45, 2.75) is 82.3 Å². The molecule has 0 aromatic carbocycles. The summed E-state index contributed by atoms with van der Waals surface area (Å²) in [5.74, 6) is -0.0598. The molecule has 5 rings (SSSR count). The SMILES string of the molecule is Nc1cc(Cl)c2n(c1=O)C1(CCCCC1)N(C1CCC3(CCC3)C1)C2=O. The number of anilines is 1. The van der Waals surface area contributed by atoms with E-state index in [4.69, 9.17) is 17.3 Å². The Hall–Kier alpha value is -1.49. The third-order valence-electron chi connectivity index (χ3n) is 7.58. The molecule has 26 heavy (non-hydrogen) atoms. The van der Waals surface area contributed by atoms with Crippen LogP contribution in [0, 0.1) is 5.41 Å². The summed E-state index contributed by atoms with van der Waals surface area (Å²) in [6, 6.07) is 1.67. The van der Waals surface area contributed by atoms with Crippen molar-refractivity contribution < 1.29 is 4.79 Å². The highest BCUT2D eigenvalue weighted by Gasteiger charge is 2.57. The van der Waals surface area contributed by atoms with Crippen molar-refractivity contribution >= 4 is 23.2 Å². The Morgan fingerprint density at radius 2 is 1.77 bits per heavy atom. The Labute approximate surface area is 158 Å². The Bertz CT molecular complexity index is 836. The number of hydrogen-bond acceptors (Lipinski definition) is 3. The summed E-state index contributed by atoms with van der Waals surface area (Å²) < 4.78 is 1.68. The minimum absolute atomic E-state index is 0.0598. The number of nitrogens with two attached hydrogens (primary N) is 1. The van der Waals surface area contributed by atoms with E-state index < -0.39 is 5.66 Å². The molecule has 6 heteroatoms. The number of nitrogen functional groups attached to an aromatic ring is 1. The minimum atomic E-state index is -0.555. The molecule has 4 aliphatic rings. The van der Waals surface area contributed by atoms with Gasteiger partial charge in [-0.1, -0.05) is 24.4 Å². The number of pyridine rings is 1. The number of hydrogen-bond donors (Lipinski definition) is 1. The van der Waals surface area contributed by atoms with Gasteiger partial charge in [-0.3, -0.25) is 14.2 Å². The highest BCUT2D eigenvalue weighted by Crippen LogP contribution is 2.57. The highest BCUT2D eigenvalue weighted by atomic mass is 35.5. The van der Waals surface area contributed by atoms with Gasteiger partial charge in [0, 0.05) is 6.04 Å². The zero-order chi connectivity index (χ0) is 18.1. The lowest BCUT2D eigenvalue weighted by molar-refractivity contribution is -0.0143. The van der Waals surface area contributed by atoms with Crippen LogP contribution in [0.1, 0.15) is 81.1 Å². The number of carbonyl (C=O) groups is 1. The first kappa shape index (κ1) is 16.7. The third kappa shape index (κ3) is 2.04. The second-order valence-corrected chi connectivity index (χ2v) is 9.31. The van der Waals surface area contributed by atoms with Crippen LogP contribution in [-0.2, 0) is 5.66 Å².